The van der Waals surface area contributed by atoms with E-state index >= 15 is 0 Å². The molecule has 2 aromatic rings. The lowest BCUT2D eigenvalue weighted by molar-refractivity contribution is -0.126. The van der Waals surface area contributed by atoms with E-state index in [9.17, 15) is 9.59 Å². The molecule has 0 spiro atoms. The summed E-state index contributed by atoms with van der Waals surface area (Å²) in [5, 5.41) is 9.53. The second-order valence-electron chi connectivity index (χ2n) is 5.23. The summed E-state index contributed by atoms with van der Waals surface area (Å²) in [4.78, 5) is 23.9. The predicted octanol–water partition coefficient (Wildman–Crippen LogP) is 2.71. The maximum atomic E-state index is 12.0. The monoisotopic (exact) mass is 335 g/mol. The third-order valence-corrected chi connectivity index (χ3v) is 3.41. The van der Waals surface area contributed by atoms with Crippen LogP contribution in [0.2, 0.25) is 5.02 Å². The molecule has 1 atom stereocenters. The van der Waals surface area contributed by atoms with Gasteiger partial charge in [0.05, 0.1) is 0 Å². The highest BCUT2D eigenvalue weighted by molar-refractivity contribution is 6.30. The molecule has 7 heteroatoms. The van der Waals surface area contributed by atoms with Gasteiger partial charge in [-0.3, -0.25) is 9.59 Å². The number of carbonyl (C=O) groups is 2. The third-order valence-electron chi connectivity index (χ3n) is 3.18. The van der Waals surface area contributed by atoms with Crippen LogP contribution in [0.1, 0.15) is 24.7 Å². The number of aryl methyl sites for hydroxylation is 2. The van der Waals surface area contributed by atoms with Crippen LogP contribution in [0.4, 0.5) is 5.82 Å². The molecule has 0 saturated heterocycles. The fourth-order valence-corrected chi connectivity index (χ4v) is 2.20. The summed E-state index contributed by atoms with van der Waals surface area (Å²) in [6.07, 6.45) is 0.838. The van der Waals surface area contributed by atoms with Crippen LogP contribution in [0.5, 0.6) is 0 Å². The zero-order valence-electron chi connectivity index (χ0n) is 12.9. The first-order chi connectivity index (χ1) is 10.9. The lowest BCUT2D eigenvalue weighted by Crippen LogP contribution is -2.41. The molecule has 23 heavy (non-hydrogen) atoms. The van der Waals surface area contributed by atoms with E-state index in [2.05, 4.69) is 15.8 Å². The summed E-state index contributed by atoms with van der Waals surface area (Å²) in [7, 11) is 0. The standard InChI is InChI=1S/C16H18ClN3O3/c1-10-8-14(20-23-10)19-16(22)11(2)18-15(21)7-6-12-4-3-5-13(17)9-12/h3-5,8-9,11H,6-7H2,1-2H3,(H,18,21)(H,19,20,22). The number of aromatic nitrogens is 1. The van der Waals surface area contributed by atoms with Crippen molar-refractivity contribution in [2.24, 2.45) is 0 Å². The molecule has 2 rings (SSSR count). The van der Waals surface area contributed by atoms with Gasteiger partial charge < -0.3 is 15.2 Å². The van der Waals surface area contributed by atoms with Gasteiger partial charge >= 0.3 is 0 Å². The zero-order valence-corrected chi connectivity index (χ0v) is 13.7. The van der Waals surface area contributed by atoms with Gasteiger partial charge in [0.1, 0.15) is 11.8 Å². The molecular weight excluding hydrogens is 318 g/mol. The van der Waals surface area contributed by atoms with Crippen LogP contribution in [0, 0.1) is 6.92 Å². The molecule has 0 aliphatic heterocycles. The molecule has 2 N–H and O–H groups in total. The average molecular weight is 336 g/mol. The van der Waals surface area contributed by atoms with E-state index in [1.807, 2.05) is 18.2 Å². The number of benzene rings is 1. The highest BCUT2D eigenvalue weighted by Gasteiger charge is 2.16. The number of amides is 2. The van der Waals surface area contributed by atoms with Gasteiger partial charge in [0, 0.05) is 17.5 Å². The van der Waals surface area contributed by atoms with E-state index in [-0.39, 0.29) is 18.2 Å². The van der Waals surface area contributed by atoms with Crippen LogP contribution >= 0.6 is 11.6 Å². The highest BCUT2D eigenvalue weighted by Crippen LogP contribution is 2.12. The zero-order chi connectivity index (χ0) is 16.8. The molecule has 122 valence electrons. The van der Waals surface area contributed by atoms with Gasteiger partial charge in [-0.2, -0.15) is 0 Å². The van der Waals surface area contributed by atoms with Gasteiger partial charge in [-0.15, -0.1) is 0 Å². The molecule has 6 nitrogen and oxygen atoms in total. The highest BCUT2D eigenvalue weighted by atomic mass is 35.5. The predicted molar refractivity (Wildman–Crippen MR) is 87.2 cm³/mol. The topological polar surface area (TPSA) is 84.2 Å². The fraction of sp³-hybridized carbons (Fsp3) is 0.312. The molecule has 0 bridgehead atoms. The molecule has 0 fully saturated rings. The molecule has 1 unspecified atom stereocenters. The van der Waals surface area contributed by atoms with E-state index < -0.39 is 6.04 Å². The quantitative estimate of drug-likeness (QED) is 0.850. The third kappa shape index (κ3) is 5.41. The largest absolute Gasteiger partial charge is 0.360 e. The van der Waals surface area contributed by atoms with Crippen molar-refractivity contribution in [3.8, 4) is 0 Å². The van der Waals surface area contributed by atoms with Crippen molar-refractivity contribution in [1.29, 1.82) is 0 Å². The molecule has 1 aromatic carbocycles. The second kappa shape index (κ2) is 7.78. The van der Waals surface area contributed by atoms with Crippen LogP contribution in [0.15, 0.2) is 34.9 Å². The van der Waals surface area contributed by atoms with Crippen molar-refractivity contribution in [2.75, 3.05) is 5.32 Å². The van der Waals surface area contributed by atoms with Gasteiger partial charge in [0.2, 0.25) is 11.8 Å². The number of hydrogen-bond acceptors (Lipinski definition) is 4. The van der Waals surface area contributed by atoms with Gasteiger partial charge in [0.15, 0.2) is 5.82 Å². The van der Waals surface area contributed by atoms with Crippen molar-refractivity contribution < 1.29 is 14.1 Å². The van der Waals surface area contributed by atoms with Crippen molar-refractivity contribution >= 4 is 29.2 Å². The summed E-state index contributed by atoms with van der Waals surface area (Å²) in [6, 6.07) is 8.28. The smallest absolute Gasteiger partial charge is 0.247 e. The number of rotatable bonds is 6. The first kappa shape index (κ1) is 17.0. The number of hydrogen-bond donors (Lipinski definition) is 2. The Kier molecular flexibility index (Phi) is 5.76. The van der Waals surface area contributed by atoms with E-state index in [1.54, 1.807) is 26.0 Å². The molecule has 0 aliphatic rings. The number of carbonyl (C=O) groups excluding carboxylic acids is 2. The minimum atomic E-state index is -0.668. The van der Waals surface area contributed by atoms with Crippen molar-refractivity contribution in [3.63, 3.8) is 0 Å². The minimum absolute atomic E-state index is 0.205. The summed E-state index contributed by atoms with van der Waals surface area (Å²) in [6.45, 7) is 3.34. The van der Waals surface area contributed by atoms with Crippen molar-refractivity contribution in [2.45, 2.75) is 32.7 Å². The van der Waals surface area contributed by atoms with Crippen LogP contribution in [-0.2, 0) is 16.0 Å². The van der Waals surface area contributed by atoms with Gasteiger partial charge in [-0.05, 0) is 38.0 Å². The van der Waals surface area contributed by atoms with Crippen LogP contribution in [0.3, 0.4) is 0 Å². The molecule has 0 aliphatic carbocycles. The molecule has 0 radical (unpaired) electrons. The molecule has 0 saturated carbocycles. The van der Waals surface area contributed by atoms with Gasteiger partial charge in [-0.25, -0.2) is 0 Å². The van der Waals surface area contributed by atoms with E-state index in [0.717, 1.165) is 5.56 Å². The Labute approximate surface area is 139 Å². The number of nitrogens with one attached hydrogen (secondary N) is 2. The first-order valence-corrected chi connectivity index (χ1v) is 7.60. The van der Waals surface area contributed by atoms with Crippen LogP contribution in [0.25, 0.3) is 0 Å². The number of anilines is 1. The Morgan fingerprint density at radius 2 is 2.13 bits per heavy atom. The minimum Gasteiger partial charge on any atom is -0.360 e. The molecule has 1 aromatic heterocycles. The Hall–Kier alpha value is -2.34. The average Bonchev–Trinajstić information content (AvgIpc) is 2.90. The van der Waals surface area contributed by atoms with Gasteiger partial charge in [-0.1, -0.05) is 28.9 Å². The lowest BCUT2D eigenvalue weighted by atomic mass is 10.1. The molecular formula is C16H18ClN3O3. The van der Waals surface area contributed by atoms with Crippen molar-refractivity contribution in [1.82, 2.24) is 10.5 Å². The maximum Gasteiger partial charge on any atom is 0.247 e. The van der Waals surface area contributed by atoms with E-state index in [4.69, 9.17) is 16.1 Å². The summed E-state index contributed by atoms with van der Waals surface area (Å²) in [5.41, 5.74) is 0.975. The maximum absolute atomic E-state index is 12.0. The number of nitrogens with zero attached hydrogens (tertiary/aromatic N) is 1. The summed E-state index contributed by atoms with van der Waals surface area (Å²) in [5.74, 6) is 0.365. The van der Waals surface area contributed by atoms with Crippen LogP contribution in [-0.4, -0.2) is 23.0 Å². The van der Waals surface area contributed by atoms with E-state index in [0.29, 0.717) is 23.0 Å². The SMILES string of the molecule is Cc1cc(NC(=O)C(C)NC(=O)CCc2cccc(Cl)c2)no1. The first-order valence-electron chi connectivity index (χ1n) is 7.22. The summed E-state index contributed by atoms with van der Waals surface area (Å²) < 4.78 is 4.86. The van der Waals surface area contributed by atoms with Gasteiger partial charge in [0.25, 0.3) is 0 Å². The Morgan fingerprint density at radius 3 is 2.78 bits per heavy atom. The Morgan fingerprint density at radius 1 is 1.35 bits per heavy atom. The van der Waals surface area contributed by atoms with Crippen LogP contribution < -0.4 is 10.6 Å². The number of halogens is 1. The fourth-order valence-electron chi connectivity index (χ4n) is 1.99. The normalized spacial score (nSPS) is 11.8. The Bertz CT molecular complexity index is 699. The molecule has 2 amide bonds. The summed E-state index contributed by atoms with van der Waals surface area (Å²) >= 11 is 5.90. The van der Waals surface area contributed by atoms with E-state index in [1.165, 1.54) is 0 Å². The lowest BCUT2D eigenvalue weighted by Gasteiger charge is -2.13. The second-order valence-corrected chi connectivity index (χ2v) is 5.67. The molecule has 1 heterocycles. The Balaban J connectivity index is 1.78. The van der Waals surface area contributed by atoms with Crippen molar-refractivity contribution in [3.05, 3.63) is 46.7 Å².